The summed E-state index contributed by atoms with van der Waals surface area (Å²) in [6, 6.07) is 13.2. The van der Waals surface area contributed by atoms with Gasteiger partial charge in [0.2, 0.25) is 0 Å². The smallest absolute Gasteiger partial charge is 0.253 e. The molecular weight excluding hydrogens is 257 g/mol. The maximum Gasteiger partial charge on any atom is 0.253 e. The molecule has 20 heavy (non-hydrogen) atoms. The summed E-state index contributed by atoms with van der Waals surface area (Å²) in [6.07, 6.45) is 0. The third-order valence-electron chi connectivity index (χ3n) is 2.81. The van der Waals surface area contributed by atoms with Crippen LogP contribution in [0.4, 0.5) is 4.39 Å². The van der Waals surface area contributed by atoms with Crippen LogP contribution < -0.4 is 4.74 Å². The van der Waals surface area contributed by atoms with Gasteiger partial charge in [0.25, 0.3) is 5.91 Å². The van der Waals surface area contributed by atoms with Crippen LogP contribution in [0.1, 0.15) is 15.9 Å². The van der Waals surface area contributed by atoms with Crippen molar-refractivity contribution < 1.29 is 13.9 Å². The van der Waals surface area contributed by atoms with Crippen molar-refractivity contribution in [1.29, 1.82) is 0 Å². The van der Waals surface area contributed by atoms with Crippen LogP contribution in [0.25, 0.3) is 0 Å². The number of hydrogen-bond acceptors (Lipinski definition) is 2. The number of carbonyl (C=O) groups is 1. The number of hydrogen-bond donors (Lipinski definition) is 0. The molecule has 0 atom stereocenters. The van der Waals surface area contributed by atoms with E-state index in [1.54, 1.807) is 38.4 Å². The van der Waals surface area contributed by atoms with Gasteiger partial charge in [-0.25, -0.2) is 4.39 Å². The molecule has 0 aliphatic carbocycles. The van der Waals surface area contributed by atoms with Crippen LogP contribution in [0.2, 0.25) is 0 Å². The number of amides is 1. The predicted octanol–water partition coefficient (Wildman–Crippen LogP) is 3.11. The summed E-state index contributed by atoms with van der Waals surface area (Å²) in [5, 5.41) is 0. The second-order valence-electron chi connectivity index (χ2n) is 4.64. The first-order chi connectivity index (χ1) is 9.56. The van der Waals surface area contributed by atoms with Gasteiger partial charge in [0.15, 0.2) is 0 Å². The van der Waals surface area contributed by atoms with Crippen LogP contribution >= 0.6 is 0 Å². The Labute approximate surface area is 117 Å². The van der Waals surface area contributed by atoms with E-state index in [2.05, 4.69) is 0 Å². The van der Waals surface area contributed by atoms with E-state index in [4.69, 9.17) is 4.74 Å². The average molecular weight is 273 g/mol. The summed E-state index contributed by atoms with van der Waals surface area (Å²) < 4.78 is 18.5. The lowest BCUT2D eigenvalue weighted by Crippen LogP contribution is -2.21. The lowest BCUT2D eigenvalue weighted by Gasteiger charge is -2.11. The zero-order chi connectivity index (χ0) is 14.5. The Bertz CT molecular complexity index is 594. The minimum atomic E-state index is -0.325. The van der Waals surface area contributed by atoms with Gasteiger partial charge < -0.3 is 9.64 Å². The number of rotatable bonds is 4. The molecule has 2 rings (SSSR count). The van der Waals surface area contributed by atoms with E-state index in [1.165, 1.54) is 17.0 Å². The maximum atomic E-state index is 13.0. The maximum absolute atomic E-state index is 13.0. The minimum Gasteiger partial charge on any atom is -0.489 e. The monoisotopic (exact) mass is 273 g/mol. The first-order valence-electron chi connectivity index (χ1n) is 6.25. The molecule has 2 aromatic carbocycles. The third-order valence-corrected chi connectivity index (χ3v) is 2.81. The summed E-state index contributed by atoms with van der Waals surface area (Å²) in [7, 11) is 3.42. The number of halogens is 1. The van der Waals surface area contributed by atoms with Gasteiger partial charge in [-0.05, 0) is 29.8 Å². The SMILES string of the molecule is CN(C)C(=O)c1ccc(COc2cccc(F)c2)cc1. The van der Waals surface area contributed by atoms with Crippen molar-refractivity contribution in [2.75, 3.05) is 14.1 Å². The minimum absolute atomic E-state index is 0.0393. The van der Waals surface area contributed by atoms with Crippen molar-refractivity contribution in [3.05, 3.63) is 65.5 Å². The molecule has 0 aliphatic heterocycles. The van der Waals surface area contributed by atoms with Gasteiger partial charge in [-0.3, -0.25) is 4.79 Å². The molecule has 0 unspecified atom stereocenters. The van der Waals surface area contributed by atoms with Crippen LogP contribution in [-0.2, 0) is 6.61 Å². The normalized spacial score (nSPS) is 10.2. The van der Waals surface area contributed by atoms with Crippen molar-refractivity contribution >= 4 is 5.91 Å². The second kappa shape index (κ2) is 6.19. The highest BCUT2D eigenvalue weighted by molar-refractivity contribution is 5.93. The Morgan fingerprint density at radius 3 is 2.45 bits per heavy atom. The summed E-state index contributed by atoms with van der Waals surface area (Å²) in [5.74, 6) is 0.121. The highest BCUT2D eigenvalue weighted by Crippen LogP contribution is 2.14. The van der Waals surface area contributed by atoms with E-state index in [0.29, 0.717) is 17.9 Å². The molecule has 0 radical (unpaired) electrons. The first kappa shape index (κ1) is 14.1. The Balaban J connectivity index is 1.99. The molecule has 0 fully saturated rings. The Hall–Kier alpha value is -2.36. The predicted molar refractivity (Wildman–Crippen MR) is 75.2 cm³/mol. The van der Waals surface area contributed by atoms with Gasteiger partial charge >= 0.3 is 0 Å². The van der Waals surface area contributed by atoms with E-state index in [-0.39, 0.29) is 11.7 Å². The number of ether oxygens (including phenoxy) is 1. The molecule has 0 aromatic heterocycles. The number of nitrogens with zero attached hydrogens (tertiary/aromatic N) is 1. The van der Waals surface area contributed by atoms with Gasteiger partial charge in [0.05, 0.1) is 0 Å². The lowest BCUT2D eigenvalue weighted by atomic mass is 10.1. The number of benzene rings is 2. The molecule has 0 saturated heterocycles. The fourth-order valence-electron chi connectivity index (χ4n) is 1.73. The van der Waals surface area contributed by atoms with Crippen molar-refractivity contribution in [2.45, 2.75) is 6.61 Å². The van der Waals surface area contributed by atoms with E-state index < -0.39 is 0 Å². The molecule has 1 amide bonds. The highest BCUT2D eigenvalue weighted by atomic mass is 19.1. The van der Waals surface area contributed by atoms with E-state index in [1.807, 2.05) is 12.1 Å². The molecular formula is C16H16FNO2. The van der Waals surface area contributed by atoms with Gasteiger partial charge in [-0.2, -0.15) is 0 Å². The summed E-state index contributed by atoms with van der Waals surface area (Å²) in [5.41, 5.74) is 1.55. The van der Waals surface area contributed by atoms with Gasteiger partial charge in [-0.1, -0.05) is 18.2 Å². The molecule has 0 heterocycles. The molecule has 0 bridgehead atoms. The van der Waals surface area contributed by atoms with E-state index >= 15 is 0 Å². The summed E-state index contributed by atoms with van der Waals surface area (Å²) >= 11 is 0. The molecule has 2 aromatic rings. The molecule has 3 nitrogen and oxygen atoms in total. The standard InChI is InChI=1S/C16H16FNO2/c1-18(2)16(19)13-8-6-12(7-9-13)11-20-15-5-3-4-14(17)10-15/h3-10H,11H2,1-2H3. The molecule has 0 saturated carbocycles. The van der Waals surface area contributed by atoms with Crippen molar-refractivity contribution in [1.82, 2.24) is 4.90 Å². The van der Waals surface area contributed by atoms with Gasteiger partial charge in [0, 0.05) is 25.7 Å². The second-order valence-corrected chi connectivity index (χ2v) is 4.64. The van der Waals surface area contributed by atoms with Crippen LogP contribution in [0.5, 0.6) is 5.75 Å². The van der Waals surface area contributed by atoms with Gasteiger partial charge in [0.1, 0.15) is 18.2 Å². The zero-order valence-electron chi connectivity index (χ0n) is 11.5. The first-order valence-corrected chi connectivity index (χ1v) is 6.25. The van der Waals surface area contributed by atoms with Crippen molar-refractivity contribution in [3.8, 4) is 5.75 Å². The number of carbonyl (C=O) groups excluding carboxylic acids is 1. The Morgan fingerprint density at radius 2 is 1.85 bits per heavy atom. The average Bonchev–Trinajstić information content (AvgIpc) is 2.45. The topological polar surface area (TPSA) is 29.5 Å². The molecule has 0 spiro atoms. The van der Waals surface area contributed by atoms with Crippen molar-refractivity contribution in [3.63, 3.8) is 0 Å². The van der Waals surface area contributed by atoms with Crippen LogP contribution in [-0.4, -0.2) is 24.9 Å². The fraction of sp³-hybridized carbons (Fsp3) is 0.188. The third kappa shape index (κ3) is 3.57. The summed E-state index contributed by atoms with van der Waals surface area (Å²) in [4.78, 5) is 13.3. The Kier molecular flexibility index (Phi) is 4.35. The fourth-order valence-corrected chi connectivity index (χ4v) is 1.73. The van der Waals surface area contributed by atoms with Crippen molar-refractivity contribution in [2.24, 2.45) is 0 Å². The quantitative estimate of drug-likeness (QED) is 0.856. The van der Waals surface area contributed by atoms with Gasteiger partial charge in [-0.15, -0.1) is 0 Å². The van der Waals surface area contributed by atoms with E-state index in [9.17, 15) is 9.18 Å². The Morgan fingerprint density at radius 1 is 1.15 bits per heavy atom. The van der Waals surface area contributed by atoms with E-state index in [0.717, 1.165) is 5.56 Å². The molecule has 0 aliphatic rings. The molecule has 4 heteroatoms. The molecule has 104 valence electrons. The summed E-state index contributed by atoms with van der Waals surface area (Å²) in [6.45, 7) is 0.333. The highest BCUT2D eigenvalue weighted by Gasteiger charge is 2.07. The largest absolute Gasteiger partial charge is 0.489 e. The lowest BCUT2D eigenvalue weighted by molar-refractivity contribution is 0.0827. The van der Waals surface area contributed by atoms with Crippen LogP contribution in [0.3, 0.4) is 0 Å². The van der Waals surface area contributed by atoms with Crippen LogP contribution in [0.15, 0.2) is 48.5 Å². The zero-order valence-corrected chi connectivity index (χ0v) is 11.5. The molecule has 0 N–H and O–H groups in total. The van der Waals surface area contributed by atoms with Crippen LogP contribution in [0, 0.1) is 5.82 Å².